The van der Waals surface area contributed by atoms with E-state index in [-0.39, 0.29) is 0 Å². The van der Waals surface area contributed by atoms with Crippen LogP contribution < -0.4 is 10.1 Å². The second-order valence-corrected chi connectivity index (χ2v) is 6.85. The van der Waals surface area contributed by atoms with Crippen molar-refractivity contribution in [1.29, 1.82) is 0 Å². The molecular weight excluding hydrogens is 372 g/mol. The number of hydrogen-bond donors (Lipinski definition) is 1. The van der Waals surface area contributed by atoms with E-state index < -0.39 is 5.97 Å². The summed E-state index contributed by atoms with van der Waals surface area (Å²) < 4.78 is 5.41. The number of carbonyl (C=O) groups is 1. The molecule has 2 heterocycles. The van der Waals surface area contributed by atoms with Gasteiger partial charge in [0.15, 0.2) is 0 Å². The molecule has 0 saturated carbocycles. The van der Waals surface area contributed by atoms with E-state index in [9.17, 15) is 4.79 Å². The number of esters is 1. The molecule has 0 aliphatic heterocycles. The summed E-state index contributed by atoms with van der Waals surface area (Å²) in [5, 5.41) is 5.90. The summed E-state index contributed by atoms with van der Waals surface area (Å²) in [6.45, 7) is 1.94. The van der Waals surface area contributed by atoms with Crippen molar-refractivity contribution in [3.05, 3.63) is 83.5 Å². The van der Waals surface area contributed by atoms with Crippen LogP contribution in [0, 0.1) is 6.92 Å². The molecular formula is C21H16N4O2S. The summed E-state index contributed by atoms with van der Waals surface area (Å²) in [4.78, 5) is 25.5. The van der Waals surface area contributed by atoms with Crippen molar-refractivity contribution in [3.63, 3.8) is 0 Å². The van der Waals surface area contributed by atoms with E-state index in [1.165, 1.54) is 11.3 Å². The third kappa shape index (κ3) is 4.05. The van der Waals surface area contributed by atoms with Crippen molar-refractivity contribution >= 4 is 28.9 Å². The SMILES string of the molecule is Cc1ccc(C(=O)Oc2ccccc2)cc1Nc1nccc(-c2nccs2)n1. The number of para-hydroxylation sites is 1. The van der Waals surface area contributed by atoms with Gasteiger partial charge in [0.1, 0.15) is 16.5 Å². The highest BCUT2D eigenvalue weighted by Gasteiger charge is 2.12. The Bertz CT molecular complexity index is 1100. The molecule has 0 spiro atoms. The number of aromatic nitrogens is 3. The zero-order chi connectivity index (χ0) is 19.3. The smallest absolute Gasteiger partial charge is 0.343 e. The second-order valence-electron chi connectivity index (χ2n) is 5.96. The fourth-order valence-electron chi connectivity index (χ4n) is 2.55. The molecule has 1 N–H and O–H groups in total. The topological polar surface area (TPSA) is 77.0 Å². The van der Waals surface area contributed by atoms with Gasteiger partial charge in [-0.2, -0.15) is 0 Å². The van der Waals surface area contributed by atoms with E-state index in [1.54, 1.807) is 36.7 Å². The zero-order valence-electron chi connectivity index (χ0n) is 15.0. The van der Waals surface area contributed by atoms with Crippen molar-refractivity contribution in [3.8, 4) is 16.5 Å². The van der Waals surface area contributed by atoms with E-state index in [2.05, 4.69) is 20.3 Å². The minimum Gasteiger partial charge on any atom is -0.423 e. The highest BCUT2D eigenvalue weighted by molar-refractivity contribution is 7.13. The molecule has 0 fully saturated rings. The van der Waals surface area contributed by atoms with Crippen molar-refractivity contribution in [1.82, 2.24) is 15.0 Å². The zero-order valence-corrected chi connectivity index (χ0v) is 15.8. The normalized spacial score (nSPS) is 10.5. The lowest BCUT2D eigenvalue weighted by molar-refractivity contribution is 0.0735. The summed E-state index contributed by atoms with van der Waals surface area (Å²) in [6, 6.07) is 16.1. The van der Waals surface area contributed by atoms with E-state index in [4.69, 9.17) is 4.74 Å². The fraction of sp³-hybridized carbons (Fsp3) is 0.0476. The highest BCUT2D eigenvalue weighted by Crippen LogP contribution is 2.24. The Kier molecular flexibility index (Phi) is 5.07. The van der Waals surface area contributed by atoms with Gasteiger partial charge < -0.3 is 10.1 Å². The van der Waals surface area contributed by atoms with Crippen LogP contribution in [0.2, 0.25) is 0 Å². The van der Waals surface area contributed by atoms with Crippen LogP contribution in [0.25, 0.3) is 10.7 Å². The van der Waals surface area contributed by atoms with Gasteiger partial charge in [0.25, 0.3) is 0 Å². The molecule has 0 unspecified atom stereocenters. The first kappa shape index (κ1) is 17.8. The van der Waals surface area contributed by atoms with Crippen LogP contribution in [0.3, 0.4) is 0 Å². The van der Waals surface area contributed by atoms with Crippen LogP contribution in [-0.4, -0.2) is 20.9 Å². The third-order valence-electron chi connectivity index (χ3n) is 3.98. The molecule has 2 aromatic carbocycles. The lowest BCUT2D eigenvalue weighted by atomic mass is 10.1. The van der Waals surface area contributed by atoms with Gasteiger partial charge in [-0.05, 0) is 42.8 Å². The van der Waals surface area contributed by atoms with E-state index >= 15 is 0 Å². The van der Waals surface area contributed by atoms with Gasteiger partial charge in [-0.1, -0.05) is 24.3 Å². The number of aryl methyl sites for hydroxylation is 1. The van der Waals surface area contributed by atoms with Crippen LogP contribution in [0.4, 0.5) is 11.6 Å². The van der Waals surface area contributed by atoms with Gasteiger partial charge in [-0.15, -0.1) is 11.3 Å². The lowest BCUT2D eigenvalue weighted by Gasteiger charge is -2.11. The molecule has 4 aromatic rings. The minimum absolute atomic E-state index is 0.424. The van der Waals surface area contributed by atoms with Gasteiger partial charge in [0.2, 0.25) is 5.95 Å². The van der Waals surface area contributed by atoms with Gasteiger partial charge in [0.05, 0.1) is 5.56 Å². The third-order valence-corrected chi connectivity index (χ3v) is 4.78. The molecule has 4 rings (SSSR count). The Balaban J connectivity index is 1.56. The first-order valence-electron chi connectivity index (χ1n) is 8.57. The van der Waals surface area contributed by atoms with Gasteiger partial charge in [-0.25, -0.2) is 19.7 Å². The molecule has 0 aliphatic carbocycles. The maximum absolute atomic E-state index is 12.5. The highest BCUT2D eigenvalue weighted by atomic mass is 32.1. The molecule has 7 heteroatoms. The van der Waals surface area contributed by atoms with Crippen LogP contribution in [-0.2, 0) is 0 Å². The summed E-state index contributed by atoms with van der Waals surface area (Å²) in [6.07, 6.45) is 3.41. The fourth-order valence-corrected chi connectivity index (χ4v) is 3.15. The number of anilines is 2. The molecule has 0 aliphatic rings. The van der Waals surface area contributed by atoms with E-state index in [0.717, 1.165) is 22.0 Å². The summed E-state index contributed by atoms with van der Waals surface area (Å²) in [5.41, 5.74) is 2.87. The molecule has 0 radical (unpaired) electrons. The van der Waals surface area contributed by atoms with Crippen LogP contribution in [0.15, 0.2) is 72.4 Å². The number of rotatable bonds is 5. The van der Waals surface area contributed by atoms with Crippen molar-refractivity contribution in [2.24, 2.45) is 0 Å². The van der Waals surface area contributed by atoms with E-state index in [0.29, 0.717) is 17.3 Å². The predicted molar refractivity (Wildman–Crippen MR) is 109 cm³/mol. The standard InChI is InChI=1S/C21H16N4O2S/c1-14-7-8-15(20(26)27-16-5-3-2-4-6-16)13-18(14)25-21-23-10-9-17(24-21)19-22-11-12-28-19/h2-13H,1H3,(H,23,24,25). The number of carbonyl (C=O) groups excluding carboxylic acids is 1. The average molecular weight is 388 g/mol. The molecule has 0 saturated heterocycles. The number of nitrogens with one attached hydrogen (secondary N) is 1. The Hall–Kier alpha value is -3.58. The number of thiazole rings is 1. The maximum atomic E-state index is 12.5. The van der Waals surface area contributed by atoms with Crippen molar-refractivity contribution < 1.29 is 9.53 Å². The Morgan fingerprint density at radius 1 is 1.04 bits per heavy atom. The molecule has 0 atom stereocenters. The maximum Gasteiger partial charge on any atom is 0.343 e. The molecule has 138 valence electrons. The van der Waals surface area contributed by atoms with Crippen LogP contribution >= 0.6 is 11.3 Å². The molecule has 0 amide bonds. The van der Waals surface area contributed by atoms with Crippen LogP contribution in [0.5, 0.6) is 5.75 Å². The van der Waals surface area contributed by atoms with Gasteiger partial charge in [0, 0.05) is 23.5 Å². The van der Waals surface area contributed by atoms with Gasteiger partial charge >= 0.3 is 5.97 Å². The monoisotopic (exact) mass is 388 g/mol. The summed E-state index contributed by atoms with van der Waals surface area (Å²) in [7, 11) is 0. The van der Waals surface area contributed by atoms with Crippen LogP contribution in [0.1, 0.15) is 15.9 Å². The quantitative estimate of drug-likeness (QED) is 0.388. The van der Waals surface area contributed by atoms with Gasteiger partial charge in [-0.3, -0.25) is 0 Å². The first-order valence-corrected chi connectivity index (χ1v) is 9.45. The molecule has 0 bridgehead atoms. The predicted octanol–water partition coefficient (Wildman–Crippen LogP) is 4.87. The van der Waals surface area contributed by atoms with Crippen molar-refractivity contribution in [2.45, 2.75) is 6.92 Å². The second kappa shape index (κ2) is 7.98. The number of nitrogens with zero attached hydrogens (tertiary/aromatic N) is 3. The van der Waals surface area contributed by atoms with E-state index in [1.807, 2.05) is 42.6 Å². The Morgan fingerprint density at radius 2 is 1.89 bits per heavy atom. The first-order chi connectivity index (χ1) is 13.7. The largest absolute Gasteiger partial charge is 0.423 e. The molecule has 28 heavy (non-hydrogen) atoms. The van der Waals surface area contributed by atoms with Crippen molar-refractivity contribution in [2.75, 3.05) is 5.32 Å². The number of benzene rings is 2. The number of ether oxygens (including phenoxy) is 1. The Labute approximate surface area is 165 Å². The molecule has 6 nitrogen and oxygen atoms in total. The number of hydrogen-bond acceptors (Lipinski definition) is 7. The molecule has 2 aromatic heterocycles. The lowest BCUT2D eigenvalue weighted by Crippen LogP contribution is -2.09. The summed E-state index contributed by atoms with van der Waals surface area (Å²) >= 11 is 1.51. The minimum atomic E-state index is -0.424. The Morgan fingerprint density at radius 3 is 2.68 bits per heavy atom. The average Bonchev–Trinajstić information content (AvgIpc) is 3.25. The summed E-state index contributed by atoms with van der Waals surface area (Å²) in [5.74, 6) is 0.512.